The molecule has 0 unspecified atom stereocenters. The minimum atomic E-state index is 0.0458. The molecule has 5 nitrogen and oxygen atoms in total. The van der Waals surface area contributed by atoms with Gasteiger partial charge < -0.3 is 5.32 Å². The molecule has 2 heterocycles. The summed E-state index contributed by atoms with van der Waals surface area (Å²) in [6, 6.07) is 0.288. The third-order valence-electron chi connectivity index (χ3n) is 5.90. The van der Waals surface area contributed by atoms with Crippen LogP contribution in [0.1, 0.15) is 56.4 Å². The number of fused-ring (bicyclic) bond motifs is 3. The van der Waals surface area contributed by atoms with Crippen molar-refractivity contribution in [3.8, 4) is 0 Å². The highest BCUT2D eigenvalue weighted by Crippen LogP contribution is 2.35. The van der Waals surface area contributed by atoms with E-state index in [1.54, 1.807) is 15.9 Å². The van der Waals surface area contributed by atoms with E-state index in [9.17, 15) is 9.59 Å². The smallest absolute Gasteiger partial charge is 0.263 e. The SMILES string of the molecule is CCn1c(SCC(=O)N[C@@H]2CCCC[C@@H]2C)nc2sc3c(c2c1=O)CCC3. The van der Waals surface area contributed by atoms with Crippen LogP contribution in [0.3, 0.4) is 0 Å². The molecular formula is C20H27N3O2S2. The number of amides is 1. The molecule has 0 spiro atoms. The van der Waals surface area contributed by atoms with Gasteiger partial charge in [-0.1, -0.05) is 31.5 Å². The summed E-state index contributed by atoms with van der Waals surface area (Å²) in [4.78, 5) is 32.4. The number of hydrogen-bond donors (Lipinski definition) is 1. The maximum absolute atomic E-state index is 13.0. The van der Waals surface area contributed by atoms with Crippen LogP contribution >= 0.6 is 23.1 Å². The molecule has 0 aromatic carbocycles. The van der Waals surface area contributed by atoms with E-state index < -0.39 is 0 Å². The molecule has 2 aliphatic carbocycles. The zero-order valence-electron chi connectivity index (χ0n) is 16.0. The molecule has 1 fully saturated rings. The van der Waals surface area contributed by atoms with Gasteiger partial charge in [0.05, 0.1) is 11.1 Å². The van der Waals surface area contributed by atoms with Gasteiger partial charge in [-0.05, 0) is 50.5 Å². The van der Waals surface area contributed by atoms with E-state index in [2.05, 4.69) is 12.2 Å². The van der Waals surface area contributed by atoms with Crippen LogP contribution in [0.2, 0.25) is 0 Å². The Hall–Kier alpha value is -1.34. The monoisotopic (exact) mass is 405 g/mol. The summed E-state index contributed by atoms with van der Waals surface area (Å²) in [6.45, 7) is 4.77. The fourth-order valence-electron chi connectivity index (χ4n) is 4.36. The van der Waals surface area contributed by atoms with Gasteiger partial charge in [0.1, 0.15) is 4.83 Å². The van der Waals surface area contributed by atoms with E-state index in [1.165, 1.54) is 41.5 Å². The molecule has 0 bridgehead atoms. The number of nitrogens with zero attached hydrogens (tertiary/aromatic N) is 2. The Morgan fingerprint density at radius 2 is 2.11 bits per heavy atom. The van der Waals surface area contributed by atoms with Crippen molar-refractivity contribution in [2.24, 2.45) is 5.92 Å². The number of aromatic nitrogens is 2. The average Bonchev–Trinajstić information content (AvgIpc) is 3.22. The average molecular weight is 406 g/mol. The Balaban J connectivity index is 1.51. The van der Waals surface area contributed by atoms with E-state index >= 15 is 0 Å². The van der Waals surface area contributed by atoms with Gasteiger partial charge in [0.25, 0.3) is 5.56 Å². The number of thiophene rings is 1. The predicted molar refractivity (Wildman–Crippen MR) is 112 cm³/mol. The number of nitrogens with one attached hydrogen (secondary N) is 1. The molecule has 2 aliphatic rings. The Labute approximate surface area is 167 Å². The number of carbonyl (C=O) groups is 1. The molecule has 2 atom stereocenters. The van der Waals surface area contributed by atoms with E-state index in [0.717, 1.165) is 35.9 Å². The second-order valence-electron chi connectivity index (χ2n) is 7.71. The lowest BCUT2D eigenvalue weighted by molar-refractivity contribution is -0.119. The van der Waals surface area contributed by atoms with Gasteiger partial charge >= 0.3 is 0 Å². The quantitative estimate of drug-likeness (QED) is 0.608. The van der Waals surface area contributed by atoms with Crippen LogP contribution in [-0.2, 0) is 24.2 Å². The molecule has 27 heavy (non-hydrogen) atoms. The summed E-state index contributed by atoms with van der Waals surface area (Å²) >= 11 is 3.04. The van der Waals surface area contributed by atoms with Crippen molar-refractivity contribution in [2.45, 2.75) is 76.5 Å². The van der Waals surface area contributed by atoms with E-state index in [0.29, 0.717) is 23.4 Å². The summed E-state index contributed by atoms with van der Waals surface area (Å²) in [7, 11) is 0. The second kappa shape index (κ2) is 7.95. The van der Waals surface area contributed by atoms with Crippen LogP contribution in [0.15, 0.2) is 9.95 Å². The fourth-order valence-corrected chi connectivity index (χ4v) is 6.53. The molecule has 0 aliphatic heterocycles. The van der Waals surface area contributed by atoms with Crippen LogP contribution in [0.4, 0.5) is 0 Å². The minimum absolute atomic E-state index is 0.0458. The third-order valence-corrected chi connectivity index (χ3v) is 8.06. The fraction of sp³-hybridized carbons (Fsp3) is 0.650. The first kappa shape index (κ1) is 19.0. The molecular weight excluding hydrogens is 378 g/mol. The summed E-state index contributed by atoms with van der Waals surface area (Å²) in [6.07, 6.45) is 7.91. The van der Waals surface area contributed by atoms with Gasteiger partial charge in [-0.2, -0.15) is 0 Å². The summed E-state index contributed by atoms with van der Waals surface area (Å²) in [5, 5.41) is 4.67. The van der Waals surface area contributed by atoms with Gasteiger partial charge in [0, 0.05) is 17.5 Å². The van der Waals surface area contributed by atoms with Crippen molar-refractivity contribution in [1.82, 2.24) is 14.9 Å². The van der Waals surface area contributed by atoms with Gasteiger partial charge in [-0.25, -0.2) is 4.98 Å². The molecule has 4 rings (SSSR count). The Morgan fingerprint density at radius 3 is 2.89 bits per heavy atom. The largest absolute Gasteiger partial charge is 0.352 e. The van der Waals surface area contributed by atoms with Crippen LogP contribution in [0.25, 0.3) is 10.2 Å². The Morgan fingerprint density at radius 1 is 1.30 bits per heavy atom. The van der Waals surface area contributed by atoms with Crippen molar-refractivity contribution in [1.29, 1.82) is 0 Å². The Bertz CT molecular complexity index is 918. The zero-order chi connectivity index (χ0) is 19.0. The number of carbonyl (C=O) groups excluding carboxylic acids is 1. The molecule has 1 amide bonds. The lowest BCUT2D eigenvalue weighted by Crippen LogP contribution is -2.41. The second-order valence-corrected chi connectivity index (χ2v) is 9.73. The lowest BCUT2D eigenvalue weighted by Gasteiger charge is -2.29. The van der Waals surface area contributed by atoms with E-state index in [1.807, 2.05) is 6.92 Å². The normalized spacial score (nSPS) is 22.1. The van der Waals surface area contributed by atoms with Gasteiger partial charge in [0.2, 0.25) is 5.91 Å². The maximum atomic E-state index is 13.0. The first-order chi connectivity index (χ1) is 13.1. The molecule has 146 valence electrons. The summed E-state index contributed by atoms with van der Waals surface area (Å²) in [5.74, 6) is 0.903. The highest BCUT2D eigenvalue weighted by Gasteiger charge is 2.25. The molecule has 1 saturated carbocycles. The molecule has 0 saturated heterocycles. The topological polar surface area (TPSA) is 64.0 Å². The number of thioether (sulfide) groups is 1. The maximum Gasteiger partial charge on any atom is 0.263 e. The molecule has 2 aromatic heterocycles. The Kier molecular flexibility index (Phi) is 5.60. The van der Waals surface area contributed by atoms with Crippen molar-refractivity contribution in [3.05, 3.63) is 20.8 Å². The highest BCUT2D eigenvalue weighted by atomic mass is 32.2. The van der Waals surface area contributed by atoms with Crippen molar-refractivity contribution in [2.75, 3.05) is 5.75 Å². The first-order valence-corrected chi connectivity index (χ1v) is 11.9. The van der Waals surface area contributed by atoms with Gasteiger partial charge in [-0.15, -0.1) is 11.3 Å². The molecule has 2 aromatic rings. The number of aryl methyl sites for hydroxylation is 2. The third kappa shape index (κ3) is 3.68. The predicted octanol–water partition coefficient (Wildman–Crippen LogP) is 3.75. The summed E-state index contributed by atoms with van der Waals surface area (Å²) < 4.78 is 1.73. The van der Waals surface area contributed by atoms with Crippen LogP contribution in [0, 0.1) is 5.92 Å². The van der Waals surface area contributed by atoms with Crippen LogP contribution < -0.4 is 10.9 Å². The van der Waals surface area contributed by atoms with E-state index in [4.69, 9.17) is 4.98 Å². The minimum Gasteiger partial charge on any atom is -0.352 e. The standard InChI is InChI=1S/C20H27N3O2S2/c1-3-23-19(25)17-13-8-6-10-15(13)27-18(17)22-20(23)26-11-16(24)21-14-9-5-4-7-12(14)2/h12,14H,3-11H2,1-2H3,(H,21,24)/t12-,14+/m0/s1. The van der Waals surface area contributed by atoms with Gasteiger partial charge in [-0.3, -0.25) is 14.2 Å². The number of hydrogen-bond acceptors (Lipinski definition) is 5. The lowest BCUT2D eigenvalue weighted by atomic mass is 9.86. The van der Waals surface area contributed by atoms with Crippen molar-refractivity contribution in [3.63, 3.8) is 0 Å². The zero-order valence-corrected chi connectivity index (χ0v) is 17.7. The van der Waals surface area contributed by atoms with Crippen molar-refractivity contribution < 1.29 is 4.79 Å². The molecule has 7 heteroatoms. The first-order valence-electron chi connectivity index (χ1n) is 10.1. The molecule has 1 N–H and O–H groups in total. The van der Waals surface area contributed by atoms with E-state index in [-0.39, 0.29) is 17.5 Å². The molecule has 0 radical (unpaired) electrons. The van der Waals surface area contributed by atoms with Gasteiger partial charge in [0.15, 0.2) is 5.16 Å². The number of rotatable bonds is 5. The van der Waals surface area contributed by atoms with Crippen molar-refractivity contribution >= 4 is 39.2 Å². The highest BCUT2D eigenvalue weighted by molar-refractivity contribution is 7.99. The summed E-state index contributed by atoms with van der Waals surface area (Å²) in [5.41, 5.74) is 1.28. The van der Waals surface area contributed by atoms with Crippen LogP contribution in [-0.4, -0.2) is 27.3 Å². The van der Waals surface area contributed by atoms with Crippen LogP contribution in [0.5, 0.6) is 0 Å².